The summed E-state index contributed by atoms with van der Waals surface area (Å²) >= 11 is 1.15. The molecule has 0 saturated carbocycles. The van der Waals surface area contributed by atoms with Crippen LogP contribution in [0.2, 0.25) is 0 Å². The van der Waals surface area contributed by atoms with Crippen LogP contribution in [0.5, 0.6) is 0 Å². The molecule has 0 aromatic heterocycles. The number of hydrogen-bond donors (Lipinski definition) is 3. The Morgan fingerprint density at radius 1 is 0.805 bits per heavy atom. The first-order valence-corrected chi connectivity index (χ1v) is 14.1. The van der Waals surface area contributed by atoms with E-state index in [0.717, 1.165) is 26.0 Å². The van der Waals surface area contributed by atoms with Crippen molar-refractivity contribution < 1.29 is 52.5 Å². The number of hydrogen-bond acceptors (Lipinski definition) is 13. The van der Waals surface area contributed by atoms with Crippen LogP contribution in [0.3, 0.4) is 0 Å². The molecule has 0 aliphatic carbocycles. The summed E-state index contributed by atoms with van der Waals surface area (Å²) in [5, 5.41) is 4.83. The largest absolute Gasteiger partial charge is 0.469 e. The highest BCUT2D eigenvalue weighted by molar-refractivity contribution is 7.99. The van der Waals surface area contributed by atoms with Crippen molar-refractivity contribution in [2.24, 2.45) is 17.6 Å². The van der Waals surface area contributed by atoms with Crippen molar-refractivity contribution in [3.63, 3.8) is 0 Å². The van der Waals surface area contributed by atoms with Crippen LogP contribution in [-0.2, 0) is 52.5 Å². The summed E-state index contributed by atoms with van der Waals surface area (Å²) in [4.78, 5) is 85.6. The van der Waals surface area contributed by atoms with E-state index >= 15 is 0 Å². The molecule has 4 atom stereocenters. The van der Waals surface area contributed by atoms with E-state index in [-0.39, 0.29) is 37.2 Å². The van der Waals surface area contributed by atoms with Gasteiger partial charge >= 0.3 is 23.9 Å². The standard InChI is InChI=1S/C26H43N3O11S/c1-15(27)22(33)29-19(25(36)39-7)9-8-18(30)10-16(23(34)28-12-21(32)37-5)13-41-14-17(24(35)38-6)11-20(31)40-26(2,3)4/h15-17,19H,8-14,27H2,1-7H3,(H,28,34)(H,29,33)/t15-,16+,17-,19+/m0/s1. The van der Waals surface area contributed by atoms with Crippen molar-refractivity contribution in [3.8, 4) is 0 Å². The van der Waals surface area contributed by atoms with Gasteiger partial charge in [-0.2, -0.15) is 11.8 Å². The molecule has 0 bridgehead atoms. The van der Waals surface area contributed by atoms with Gasteiger partial charge in [-0.1, -0.05) is 0 Å². The van der Waals surface area contributed by atoms with Crippen LogP contribution in [0.25, 0.3) is 0 Å². The van der Waals surface area contributed by atoms with Crippen LogP contribution in [-0.4, -0.2) is 98.5 Å². The molecule has 0 radical (unpaired) electrons. The molecule has 0 aromatic rings. The maximum atomic E-state index is 12.8. The minimum absolute atomic E-state index is 0.0579. The molecule has 4 N–H and O–H groups in total. The van der Waals surface area contributed by atoms with Gasteiger partial charge in [0.05, 0.1) is 45.6 Å². The third-order valence-electron chi connectivity index (χ3n) is 5.41. The normalized spacial score (nSPS) is 14.0. The molecule has 0 aliphatic heterocycles. The van der Waals surface area contributed by atoms with Crippen molar-refractivity contribution in [1.82, 2.24) is 10.6 Å². The van der Waals surface area contributed by atoms with Gasteiger partial charge in [-0.3, -0.25) is 28.8 Å². The van der Waals surface area contributed by atoms with Gasteiger partial charge in [-0.05, 0) is 34.1 Å². The van der Waals surface area contributed by atoms with Crippen LogP contribution in [0.1, 0.15) is 53.4 Å². The zero-order valence-corrected chi connectivity index (χ0v) is 25.6. The molecule has 0 fully saturated rings. The van der Waals surface area contributed by atoms with Gasteiger partial charge in [-0.25, -0.2) is 4.79 Å². The number of esters is 4. The maximum absolute atomic E-state index is 12.8. The summed E-state index contributed by atoms with van der Waals surface area (Å²) in [6.07, 6.45) is -0.761. The summed E-state index contributed by atoms with van der Waals surface area (Å²) in [6, 6.07) is -2.00. The third-order valence-corrected chi connectivity index (χ3v) is 6.69. The van der Waals surface area contributed by atoms with Gasteiger partial charge in [0.1, 0.15) is 24.0 Å². The van der Waals surface area contributed by atoms with Crippen LogP contribution < -0.4 is 16.4 Å². The number of ether oxygens (including phenoxy) is 4. The number of nitrogens with one attached hydrogen (secondary N) is 2. The summed E-state index contributed by atoms with van der Waals surface area (Å²) in [5.74, 6) is -5.90. The fourth-order valence-corrected chi connectivity index (χ4v) is 4.52. The second-order valence-corrected chi connectivity index (χ2v) is 11.3. The van der Waals surface area contributed by atoms with Gasteiger partial charge in [-0.15, -0.1) is 0 Å². The first-order valence-electron chi connectivity index (χ1n) is 12.9. The SMILES string of the molecule is COC(=O)CNC(=O)[C@@H](CSC[C@H](CC(=O)OC(C)(C)C)C(=O)OC)CC(=O)CC[C@@H](NC(=O)[C@H](C)N)C(=O)OC. The Bertz CT molecular complexity index is 934. The lowest BCUT2D eigenvalue weighted by Gasteiger charge is -2.22. The predicted molar refractivity (Wildman–Crippen MR) is 148 cm³/mol. The number of Topliss-reactive ketones (excluding diaryl/α,β-unsaturated/α-hetero) is 1. The highest BCUT2D eigenvalue weighted by Crippen LogP contribution is 2.21. The number of methoxy groups -OCH3 is 3. The topological polar surface area (TPSA) is 206 Å². The molecule has 0 aliphatic rings. The number of carbonyl (C=O) groups is 7. The summed E-state index contributed by atoms with van der Waals surface area (Å²) in [7, 11) is 3.48. The molecule has 0 rings (SSSR count). The molecule has 0 saturated heterocycles. The van der Waals surface area contributed by atoms with Crippen molar-refractivity contribution in [3.05, 3.63) is 0 Å². The molecule has 14 nitrogen and oxygen atoms in total. The molecule has 0 unspecified atom stereocenters. The van der Waals surface area contributed by atoms with Gasteiger partial charge in [0, 0.05) is 24.3 Å². The minimum Gasteiger partial charge on any atom is -0.469 e. The summed E-state index contributed by atoms with van der Waals surface area (Å²) < 4.78 is 19.3. The Balaban J connectivity index is 5.43. The lowest BCUT2D eigenvalue weighted by molar-refractivity contribution is -0.160. The van der Waals surface area contributed by atoms with Gasteiger partial charge in [0.2, 0.25) is 11.8 Å². The van der Waals surface area contributed by atoms with Crippen LogP contribution in [0.4, 0.5) is 0 Å². The molecule has 0 spiro atoms. The van der Waals surface area contributed by atoms with Crippen molar-refractivity contribution >= 4 is 53.2 Å². The van der Waals surface area contributed by atoms with Crippen LogP contribution in [0, 0.1) is 11.8 Å². The average Bonchev–Trinajstić information content (AvgIpc) is 2.90. The van der Waals surface area contributed by atoms with E-state index in [4.69, 9.17) is 15.2 Å². The first-order chi connectivity index (χ1) is 19.0. The van der Waals surface area contributed by atoms with Crippen molar-refractivity contribution in [1.29, 1.82) is 0 Å². The predicted octanol–water partition coefficient (Wildman–Crippen LogP) is -0.110. The van der Waals surface area contributed by atoms with Crippen LogP contribution in [0.15, 0.2) is 0 Å². The molecule has 0 heterocycles. The zero-order chi connectivity index (χ0) is 31.8. The maximum Gasteiger partial charge on any atom is 0.328 e. The molecule has 15 heteroatoms. The third kappa shape index (κ3) is 16.6. The highest BCUT2D eigenvalue weighted by Gasteiger charge is 2.29. The number of amides is 2. The quantitative estimate of drug-likeness (QED) is 0.138. The van der Waals surface area contributed by atoms with E-state index in [2.05, 4.69) is 20.1 Å². The van der Waals surface area contributed by atoms with E-state index in [1.54, 1.807) is 20.8 Å². The number of rotatable bonds is 18. The molecule has 234 valence electrons. The summed E-state index contributed by atoms with van der Waals surface area (Å²) in [6.45, 7) is 6.11. The molecule has 2 amide bonds. The molecular weight excluding hydrogens is 562 g/mol. The Hall–Kier alpha value is -3.20. The number of thioether (sulfide) groups is 1. The fraction of sp³-hybridized carbons (Fsp3) is 0.731. The van der Waals surface area contributed by atoms with E-state index < -0.39 is 77.5 Å². The zero-order valence-electron chi connectivity index (χ0n) is 24.7. The average molecular weight is 606 g/mol. The van der Waals surface area contributed by atoms with Gasteiger partial charge < -0.3 is 35.3 Å². The Morgan fingerprint density at radius 2 is 1.39 bits per heavy atom. The Labute approximate surface area is 244 Å². The lowest BCUT2D eigenvalue weighted by atomic mass is 9.99. The monoisotopic (exact) mass is 605 g/mol. The number of ketones is 1. The first kappa shape index (κ1) is 37.8. The van der Waals surface area contributed by atoms with E-state index in [9.17, 15) is 33.6 Å². The van der Waals surface area contributed by atoms with E-state index in [0.29, 0.717) is 0 Å². The summed E-state index contributed by atoms with van der Waals surface area (Å²) in [5.41, 5.74) is 4.78. The fourth-order valence-electron chi connectivity index (χ4n) is 3.29. The van der Waals surface area contributed by atoms with Gasteiger partial charge in [0.15, 0.2) is 0 Å². The van der Waals surface area contributed by atoms with E-state index in [1.807, 2.05) is 0 Å². The minimum atomic E-state index is -1.11. The highest BCUT2D eigenvalue weighted by atomic mass is 32.2. The Kier molecular flexibility index (Phi) is 17.5. The van der Waals surface area contributed by atoms with E-state index in [1.165, 1.54) is 14.0 Å². The molecular formula is C26H43N3O11S. The lowest BCUT2D eigenvalue weighted by Crippen LogP contribution is -2.47. The number of nitrogens with two attached hydrogens (primary N) is 1. The second-order valence-electron chi connectivity index (χ2n) is 10.2. The van der Waals surface area contributed by atoms with Crippen molar-refractivity contribution in [2.45, 2.75) is 71.1 Å². The van der Waals surface area contributed by atoms with Crippen molar-refractivity contribution in [2.75, 3.05) is 39.4 Å². The molecule has 0 aromatic carbocycles. The smallest absolute Gasteiger partial charge is 0.328 e. The van der Waals surface area contributed by atoms with Gasteiger partial charge in [0.25, 0.3) is 0 Å². The Morgan fingerprint density at radius 3 is 1.90 bits per heavy atom. The second kappa shape index (κ2) is 19.0. The van der Waals surface area contributed by atoms with Crippen LogP contribution >= 0.6 is 11.8 Å². The molecule has 41 heavy (non-hydrogen) atoms. The number of carbonyl (C=O) groups excluding carboxylic acids is 7.